The van der Waals surface area contributed by atoms with E-state index in [1.54, 1.807) is 6.07 Å². The second-order valence-corrected chi connectivity index (χ2v) is 7.89. The molecule has 0 aromatic heterocycles. The SMILES string of the molecule is CN(C)C(CNC(=O)c1ccccc1Sc1ccccc1C#N)c1ccccc1. The van der Waals surface area contributed by atoms with Crippen molar-refractivity contribution in [2.45, 2.75) is 15.8 Å². The molecule has 0 spiro atoms. The number of carbonyl (C=O) groups excluding carboxylic acids is 1. The van der Waals surface area contributed by atoms with Crippen molar-refractivity contribution in [2.24, 2.45) is 0 Å². The molecule has 0 saturated carbocycles. The highest BCUT2D eigenvalue weighted by Gasteiger charge is 2.18. The lowest BCUT2D eigenvalue weighted by Gasteiger charge is -2.25. The summed E-state index contributed by atoms with van der Waals surface area (Å²) in [6.07, 6.45) is 0. The minimum Gasteiger partial charge on any atom is -0.350 e. The third-order valence-corrected chi connectivity index (χ3v) is 5.77. The lowest BCUT2D eigenvalue weighted by atomic mass is 10.1. The van der Waals surface area contributed by atoms with Crippen molar-refractivity contribution in [3.8, 4) is 6.07 Å². The molecule has 1 unspecified atom stereocenters. The average molecular weight is 402 g/mol. The van der Waals surface area contributed by atoms with E-state index in [0.717, 1.165) is 15.4 Å². The number of benzene rings is 3. The third-order valence-electron chi connectivity index (χ3n) is 4.62. The smallest absolute Gasteiger partial charge is 0.252 e. The van der Waals surface area contributed by atoms with Gasteiger partial charge in [0, 0.05) is 16.3 Å². The molecule has 1 atom stereocenters. The molecule has 0 bridgehead atoms. The van der Waals surface area contributed by atoms with Crippen LogP contribution < -0.4 is 5.32 Å². The summed E-state index contributed by atoms with van der Waals surface area (Å²) in [5.74, 6) is -0.120. The second kappa shape index (κ2) is 9.92. The topological polar surface area (TPSA) is 56.1 Å². The lowest BCUT2D eigenvalue weighted by molar-refractivity contribution is 0.0939. The predicted octanol–water partition coefficient (Wildman–Crippen LogP) is 4.74. The van der Waals surface area contributed by atoms with Gasteiger partial charge >= 0.3 is 0 Å². The number of nitriles is 1. The fraction of sp³-hybridized carbons (Fsp3) is 0.167. The Kier molecular flexibility index (Phi) is 7.07. The van der Waals surface area contributed by atoms with Crippen LogP contribution in [-0.2, 0) is 0 Å². The van der Waals surface area contributed by atoms with Crippen LogP contribution in [0.15, 0.2) is 88.7 Å². The molecule has 0 fully saturated rings. The Hall–Kier alpha value is -3.07. The van der Waals surface area contributed by atoms with Crippen LogP contribution in [0.2, 0.25) is 0 Å². The van der Waals surface area contributed by atoms with Crippen LogP contribution in [0.5, 0.6) is 0 Å². The molecule has 0 aliphatic carbocycles. The van der Waals surface area contributed by atoms with E-state index in [0.29, 0.717) is 17.7 Å². The summed E-state index contributed by atoms with van der Waals surface area (Å²) in [4.78, 5) is 16.7. The number of nitrogens with one attached hydrogen (secondary N) is 1. The Morgan fingerprint density at radius 1 is 0.966 bits per heavy atom. The molecular weight excluding hydrogens is 378 g/mol. The normalized spacial score (nSPS) is 11.7. The molecular formula is C24H23N3OS. The average Bonchev–Trinajstić information content (AvgIpc) is 2.75. The zero-order chi connectivity index (χ0) is 20.6. The largest absolute Gasteiger partial charge is 0.350 e. The molecule has 0 aliphatic rings. The van der Waals surface area contributed by atoms with Crippen LogP contribution in [0, 0.1) is 11.3 Å². The van der Waals surface area contributed by atoms with Crippen LogP contribution in [-0.4, -0.2) is 31.4 Å². The van der Waals surface area contributed by atoms with E-state index in [2.05, 4.69) is 28.4 Å². The molecule has 4 nitrogen and oxygen atoms in total. The van der Waals surface area contributed by atoms with Gasteiger partial charge in [-0.15, -0.1) is 0 Å². The van der Waals surface area contributed by atoms with E-state index >= 15 is 0 Å². The first-order valence-corrected chi connectivity index (χ1v) is 10.2. The second-order valence-electron chi connectivity index (χ2n) is 6.81. The summed E-state index contributed by atoms with van der Waals surface area (Å²) in [5.41, 5.74) is 2.36. The molecule has 3 aromatic carbocycles. The van der Waals surface area contributed by atoms with Crippen LogP contribution in [0.3, 0.4) is 0 Å². The quantitative estimate of drug-likeness (QED) is 0.621. The van der Waals surface area contributed by atoms with Crippen molar-refractivity contribution in [1.82, 2.24) is 10.2 Å². The number of hydrogen-bond acceptors (Lipinski definition) is 4. The van der Waals surface area contributed by atoms with Gasteiger partial charge in [0.15, 0.2) is 0 Å². The number of hydrogen-bond donors (Lipinski definition) is 1. The summed E-state index contributed by atoms with van der Waals surface area (Å²) in [6, 6.07) is 27.3. The van der Waals surface area contributed by atoms with E-state index < -0.39 is 0 Å². The van der Waals surface area contributed by atoms with Gasteiger partial charge in [-0.3, -0.25) is 4.79 Å². The number of rotatable bonds is 7. The van der Waals surface area contributed by atoms with Gasteiger partial charge in [0.25, 0.3) is 5.91 Å². The standard InChI is InChI=1S/C24H23N3OS/c1-27(2)21(18-10-4-3-5-11-18)17-26-24(28)20-13-7-9-15-23(20)29-22-14-8-6-12-19(22)16-25/h3-15,21H,17H2,1-2H3,(H,26,28). The highest BCUT2D eigenvalue weighted by molar-refractivity contribution is 7.99. The molecule has 1 N–H and O–H groups in total. The van der Waals surface area contributed by atoms with Crippen LogP contribution in [0.1, 0.15) is 27.5 Å². The lowest BCUT2D eigenvalue weighted by Crippen LogP contribution is -2.34. The maximum absolute atomic E-state index is 13.0. The Bertz CT molecular complexity index is 1010. The monoisotopic (exact) mass is 401 g/mol. The summed E-state index contributed by atoms with van der Waals surface area (Å²) in [7, 11) is 4.01. The maximum Gasteiger partial charge on any atom is 0.252 e. The van der Waals surface area contributed by atoms with Crippen molar-refractivity contribution in [3.05, 3.63) is 95.6 Å². The molecule has 0 radical (unpaired) electrons. The number of carbonyl (C=O) groups is 1. The van der Waals surface area contributed by atoms with Crippen molar-refractivity contribution in [3.63, 3.8) is 0 Å². The van der Waals surface area contributed by atoms with Crippen LogP contribution >= 0.6 is 11.8 Å². The predicted molar refractivity (Wildman–Crippen MR) is 117 cm³/mol. The van der Waals surface area contributed by atoms with Gasteiger partial charge in [-0.05, 0) is 43.9 Å². The van der Waals surface area contributed by atoms with Gasteiger partial charge in [-0.2, -0.15) is 5.26 Å². The van der Waals surface area contributed by atoms with Gasteiger partial charge in [-0.1, -0.05) is 66.4 Å². The third kappa shape index (κ3) is 5.26. The van der Waals surface area contributed by atoms with Crippen molar-refractivity contribution >= 4 is 17.7 Å². The molecule has 3 aromatic rings. The highest BCUT2D eigenvalue weighted by atomic mass is 32.2. The van der Waals surface area contributed by atoms with Gasteiger partial charge < -0.3 is 10.2 Å². The molecule has 0 aliphatic heterocycles. The minimum absolute atomic E-state index is 0.0827. The highest BCUT2D eigenvalue weighted by Crippen LogP contribution is 2.32. The van der Waals surface area contributed by atoms with Crippen molar-refractivity contribution in [1.29, 1.82) is 5.26 Å². The summed E-state index contributed by atoms with van der Waals surface area (Å²) < 4.78 is 0. The molecule has 29 heavy (non-hydrogen) atoms. The van der Waals surface area contributed by atoms with Gasteiger partial charge in [0.1, 0.15) is 6.07 Å². The Balaban J connectivity index is 1.77. The fourth-order valence-electron chi connectivity index (χ4n) is 3.07. The minimum atomic E-state index is -0.120. The van der Waals surface area contributed by atoms with Crippen LogP contribution in [0.25, 0.3) is 0 Å². The molecule has 0 saturated heterocycles. The van der Waals surface area contributed by atoms with E-state index in [9.17, 15) is 10.1 Å². The first kappa shape index (κ1) is 20.7. The van der Waals surface area contributed by atoms with Gasteiger partial charge in [0.05, 0.1) is 17.2 Å². The molecule has 3 rings (SSSR count). The molecule has 0 heterocycles. The fourth-order valence-corrected chi connectivity index (χ4v) is 4.09. The first-order chi connectivity index (χ1) is 14.1. The molecule has 5 heteroatoms. The summed E-state index contributed by atoms with van der Waals surface area (Å²) >= 11 is 1.44. The first-order valence-electron chi connectivity index (χ1n) is 9.35. The van der Waals surface area contributed by atoms with Crippen molar-refractivity contribution < 1.29 is 4.79 Å². The van der Waals surface area contributed by atoms with Gasteiger partial charge in [-0.25, -0.2) is 0 Å². The van der Waals surface area contributed by atoms with E-state index in [4.69, 9.17) is 0 Å². The zero-order valence-electron chi connectivity index (χ0n) is 16.5. The number of likely N-dealkylation sites (N-methyl/N-ethyl adjacent to an activating group) is 1. The van der Waals surface area contributed by atoms with E-state index in [1.165, 1.54) is 11.8 Å². The summed E-state index contributed by atoms with van der Waals surface area (Å²) in [6.45, 7) is 0.504. The Morgan fingerprint density at radius 3 is 2.28 bits per heavy atom. The summed E-state index contributed by atoms with van der Waals surface area (Å²) in [5, 5.41) is 12.4. The van der Waals surface area contributed by atoms with Gasteiger partial charge in [0.2, 0.25) is 0 Å². The van der Waals surface area contributed by atoms with E-state index in [1.807, 2.05) is 74.8 Å². The number of nitrogens with zero attached hydrogens (tertiary/aromatic N) is 2. The Morgan fingerprint density at radius 2 is 1.59 bits per heavy atom. The molecule has 1 amide bonds. The maximum atomic E-state index is 13.0. The molecule has 146 valence electrons. The number of amides is 1. The zero-order valence-corrected chi connectivity index (χ0v) is 17.3. The Labute approximate surface area is 176 Å². The van der Waals surface area contributed by atoms with Crippen LogP contribution in [0.4, 0.5) is 0 Å². The van der Waals surface area contributed by atoms with Crippen molar-refractivity contribution in [2.75, 3.05) is 20.6 Å². The van der Waals surface area contributed by atoms with E-state index in [-0.39, 0.29) is 11.9 Å².